The van der Waals surface area contributed by atoms with Crippen molar-refractivity contribution in [3.63, 3.8) is 0 Å². The van der Waals surface area contributed by atoms with Crippen LogP contribution in [-0.2, 0) is 4.74 Å². The highest BCUT2D eigenvalue weighted by atomic mass is 16.5. The summed E-state index contributed by atoms with van der Waals surface area (Å²) in [6, 6.07) is 9.01. The zero-order valence-electron chi connectivity index (χ0n) is 13.4. The molecule has 1 saturated heterocycles. The number of ether oxygens (including phenoxy) is 3. The van der Waals surface area contributed by atoms with Gasteiger partial charge in [-0.15, -0.1) is 0 Å². The topological polar surface area (TPSA) is 77.9 Å². The van der Waals surface area contributed by atoms with Crippen molar-refractivity contribution in [2.24, 2.45) is 5.92 Å². The van der Waals surface area contributed by atoms with Crippen LogP contribution in [0.4, 0.5) is 0 Å². The number of aromatic nitrogens is 1. The van der Waals surface area contributed by atoms with Gasteiger partial charge in [0.2, 0.25) is 5.88 Å². The van der Waals surface area contributed by atoms with Gasteiger partial charge in [-0.2, -0.15) is 0 Å². The van der Waals surface area contributed by atoms with Crippen LogP contribution in [-0.4, -0.2) is 43.0 Å². The van der Waals surface area contributed by atoms with E-state index in [0.717, 1.165) is 30.9 Å². The van der Waals surface area contributed by atoms with Crippen molar-refractivity contribution in [2.75, 3.05) is 26.9 Å². The maximum atomic E-state index is 11.1. The predicted octanol–water partition coefficient (Wildman–Crippen LogP) is 2.87. The van der Waals surface area contributed by atoms with Crippen LogP contribution in [0.3, 0.4) is 0 Å². The summed E-state index contributed by atoms with van der Waals surface area (Å²) in [5.74, 6) is 0.579. The Kier molecular flexibility index (Phi) is 4.96. The molecule has 1 aromatic heterocycles. The van der Waals surface area contributed by atoms with E-state index in [1.807, 2.05) is 24.3 Å². The highest BCUT2D eigenvalue weighted by Crippen LogP contribution is 2.30. The number of benzene rings is 1. The lowest BCUT2D eigenvalue weighted by Crippen LogP contribution is -2.11. The van der Waals surface area contributed by atoms with E-state index in [4.69, 9.17) is 19.3 Å². The number of pyridine rings is 1. The molecule has 0 amide bonds. The summed E-state index contributed by atoms with van der Waals surface area (Å²) < 4.78 is 16.3. The quantitative estimate of drug-likeness (QED) is 0.878. The summed E-state index contributed by atoms with van der Waals surface area (Å²) in [5, 5.41) is 9.13. The molecular formula is C18H19NO5. The van der Waals surface area contributed by atoms with E-state index in [0.29, 0.717) is 24.0 Å². The number of hydrogen-bond donors (Lipinski definition) is 1. The number of rotatable bonds is 6. The number of carboxylic acid groups (broad SMARTS) is 1. The van der Waals surface area contributed by atoms with Crippen molar-refractivity contribution in [1.82, 2.24) is 4.98 Å². The van der Waals surface area contributed by atoms with Gasteiger partial charge in [0, 0.05) is 24.3 Å². The minimum absolute atomic E-state index is 0.118. The number of carboxylic acids is 1. The Morgan fingerprint density at radius 2 is 2.17 bits per heavy atom. The number of nitrogens with zero attached hydrogens (tertiary/aromatic N) is 1. The fourth-order valence-electron chi connectivity index (χ4n) is 2.60. The van der Waals surface area contributed by atoms with E-state index in [-0.39, 0.29) is 5.56 Å². The van der Waals surface area contributed by atoms with Crippen molar-refractivity contribution < 1.29 is 24.1 Å². The molecule has 1 unspecified atom stereocenters. The van der Waals surface area contributed by atoms with E-state index in [9.17, 15) is 4.79 Å². The highest BCUT2D eigenvalue weighted by molar-refractivity contribution is 5.89. The Morgan fingerprint density at radius 1 is 1.38 bits per heavy atom. The summed E-state index contributed by atoms with van der Waals surface area (Å²) in [4.78, 5) is 15.2. The first-order chi connectivity index (χ1) is 11.7. The molecule has 6 heteroatoms. The van der Waals surface area contributed by atoms with Crippen LogP contribution < -0.4 is 9.47 Å². The summed E-state index contributed by atoms with van der Waals surface area (Å²) >= 11 is 0. The zero-order valence-corrected chi connectivity index (χ0v) is 13.4. The van der Waals surface area contributed by atoms with E-state index in [1.54, 1.807) is 6.07 Å². The Balaban J connectivity index is 1.77. The van der Waals surface area contributed by atoms with Crippen molar-refractivity contribution in [2.45, 2.75) is 6.42 Å². The van der Waals surface area contributed by atoms with E-state index in [1.165, 1.54) is 13.3 Å². The molecule has 0 aliphatic carbocycles. The zero-order chi connectivity index (χ0) is 16.9. The molecule has 0 radical (unpaired) electrons. The standard InChI is InChI=1S/C18H19NO5/c1-22-17-16(8-14(9-19-17)18(20)21)13-2-4-15(5-3-13)24-11-12-6-7-23-10-12/h2-5,8-9,12H,6-7,10-11H2,1H3,(H,20,21). The van der Waals surface area contributed by atoms with E-state index >= 15 is 0 Å². The molecule has 0 spiro atoms. The minimum atomic E-state index is -1.02. The summed E-state index contributed by atoms with van der Waals surface area (Å²) in [7, 11) is 1.51. The van der Waals surface area contributed by atoms with Crippen LogP contribution in [0.15, 0.2) is 36.5 Å². The van der Waals surface area contributed by atoms with Gasteiger partial charge in [-0.25, -0.2) is 9.78 Å². The Labute approximate surface area is 140 Å². The molecule has 1 N–H and O–H groups in total. The lowest BCUT2D eigenvalue weighted by molar-refractivity contribution is 0.0696. The van der Waals surface area contributed by atoms with Crippen LogP contribution in [0.5, 0.6) is 11.6 Å². The first-order valence-electron chi connectivity index (χ1n) is 7.75. The van der Waals surface area contributed by atoms with Gasteiger partial charge in [-0.3, -0.25) is 0 Å². The van der Waals surface area contributed by atoms with Gasteiger partial charge in [0.25, 0.3) is 0 Å². The Morgan fingerprint density at radius 3 is 2.79 bits per heavy atom. The molecule has 1 aromatic carbocycles. The van der Waals surface area contributed by atoms with Gasteiger partial charge in [-0.05, 0) is 30.2 Å². The molecule has 1 aliphatic heterocycles. The minimum Gasteiger partial charge on any atom is -0.493 e. The van der Waals surface area contributed by atoms with Crippen molar-refractivity contribution in [3.8, 4) is 22.8 Å². The third-order valence-electron chi connectivity index (χ3n) is 3.97. The molecule has 0 saturated carbocycles. The molecule has 1 aliphatic rings. The van der Waals surface area contributed by atoms with Crippen molar-refractivity contribution in [3.05, 3.63) is 42.1 Å². The molecule has 126 valence electrons. The van der Waals surface area contributed by atoms with Crippen LogP contribution >= 0.6 is 0 Å². The second kappa shape index (κ2) is 7.31. The monoisotopic (exact) mass is 329 g/mol. The number of methoxy groups -OCH3 is 1. The summed E-state index contributed by atoms with van der Waals surface area (Å²) in [6.45, 7) is 2.20. The van der Waals surface area contributed by atoms with Gasteiger partial charge >= 0.3 is 5.97 Å². The first kappa shape index (κ1) is 16.3. The Hall–Kier alpha value is -2.60. The molecule has 3 rings (SSSR count). The molecule has 2 heterocycles. The smallest absolute Gasteiger partial charge is 0.337 e. The van der Waals surface area contributed by atoms with Crippen LogP contribution in [0.2, 0.25) is 0 Å². The number of hydrogen-bond acceptors (Lipinski definition) is 5. The fraction of sp³-hybridized carbons (Fsp3) is 0.333. The average Bonchev–Trinajstić information content (AvgIpc) is 3.13. The first-order valence-corrected chi connectivity index (χ1v) is 7.75. The highest BCUT2D eigenvalue weighted by Gasteiger charge is 2.16. The lowest BCUT2D eigenvalue weighted by atomic mass is 10.1. The molecular weight excluding hydrogens is 310 g/mol. The fourth-order valence-corrected chi connectivity index (χ4v) is 2.60. The largest absolute Gasteiger partial charge is 0.493 e. The molecule has 1 atom stereocenters. The summed E-state index contributed by atoms with van der Waals surface area (Å²) in [6.07, 6.45) is 2.31. The van der Waals surface area contributed by atoms with Gasteiger partial charge in [0.05, 0.1) is 25.9 Å². The molecule has 6 nitrogen and oxygen atoms in total. The molecule has 1 fully saturated rings. The van der Waals surface area contributed by atoms with Gasteiger partial charge in [0.1, 0.15) is 5.75 Å². The van der Waals surface area contributed by atoms with Crippen LogP contribution in [0, 0.1) is 5.92 Å². The maximum absolute atomic E-state index is 11.1. The van der Waals surface area contributed by atoms with Crippen LogP contribution in [0.25, 0.3) is 11.1 Å². The maximum Gasteiger partial charge on any atom is 0.337 e. The van der Waals surface area contributed by atoms with Crippen molar-refractivity contribution in [1.29, 1.82) is 0 Å². The SMILES string of the molecule is COc1ncc(C(=O)O)cc1-c1ccc(OCC2CCOC2)cc1. The second-order valence-corrected chi connectivity index (χ2v) is 5.65. The van der Waals surface area contributed by atoms with Crippen LogP contribution in [0.1, 0.15) is 16.8 Å². The average molecular weight is 329 g/mol. The van der Waals surface area contributed by atoms with Gasteiger partial charge in [-0.1, -0.05) is 12.1 Å². The third kappa shape index (κ3) is 3.65. The molecule has 0 bridgehead atoms. The third-order valence-corrected chi connectivity index (χ3v) is 3.97. The lowest BCUT2D eigenvalue weighted by Gasteiger charge is -2.12. The van der Waals surface area contributed by atoms with Gasteiger partial charge in [0.15, 0.2) is 0 Å². The molecule has 24 heavy (non-hydrogen) atoms. The van der Waals surface area contributed by atoms with E-state index in [2.05, 4.69) is 4.98 Å². The number of carbonyl (C=O) groups is 1. The summed E-state index contributed by atoms with van der Waals surface area (Å²) in [5.41, 5.74) is 1.57. The normalized spacial score (nSPS) is 16.8. The van der Waals surface area contributed by atoms with E-state index < -0.39 is 5.97 Å². The predicted molar refractivity (Wildman–Crippen MR) is 87.6 cm³/mol. The molecule has 2 aromatic rings. The second-order valence-electron chi connectivity index (χ2n) is 5.65. The Bertz CT molecular complexity index is 708. The van der Waals surface area contributed by atoms with Crippen molar-refractivity contribution >= 4 is 5.97 Å². The number of aromatic carboxylic acids is 1. The van der Waals surface area contributed by atoms with Gasteiger partial charge < -0.3 is 19.3 Å².